The van der Waals surface area contributed by atoms with Crippen LogP contribution in [0.1, 0.15) is 43.1 Å². The van der Waals surface area contributed by atoms with Gasteiger partial charge in [0.25, 0.3) is 0 Å². The minimum absolute atomic E-state index is 0.0579. The second kappa shape index (κ2) is 7.74. The first-order chi connectivity index (χ1) is 10.3. The minimum Gasteiger partial charge on any atom is -0.481 e. The van der Waals surface area contributed by atoms with E-state index in [2.05, 4.69) is 53.4 Å². The van der Waals surface area contributed by atoms with E-state index in [9.17, 15) is 0 Å². The highest BCUT2D eigenvalue weighted by atomic mass is 16.5. The van der Waals surface area contributed by atoms with Gasteiger partial charge in [-0.2, -0.15) is 0 Å². The molecule has 1 N–H and O–H groups in total. The molecule has 1 unspecified atom stereocenters. The summed E-state index contributed by atoms with van der Waals surface area (Å²) >= 11 is 0. The summed E-state index contributed by atoms with van der Waals surface area (Å²) in [6, 6.07) is 10.7. The zero-order valence-corrected chi connectivity index (χ0v) is 13.0. The number of ether oxygens (including phenoxy) is 1. The fourth-order valence-electron chi connectivity index (χ4n) is 2.39. The van der Waals surface area contributed by atoms with Crippen molar-refractivity contribution in [1.29, 1.82) is 0 Å². The molecular weight excluding hydrogens is 262 g/mol. The first-order valence-electron chi connectivity index (χ1n) is 7.46. The molecule has 2 rings (SSSR count). The Balaban J connectivity index is 2.28. The molecule has 0 saturated heterocycles. The van der Waals surface area contributed by atoms with Gasteiger partial charge in [0, 0.05) is 6.07 Å². The second-order valence-corrected chi connectivity index (χ2v) is 4.97. The van der Waals surface area contributed by atoms with Crippen molar-refractivity contribution in [1.82, 2.24) is 15.3 Å². The molecule has 0 spiro atoms. The summed E-state index contributed by atoms with van der Waals surface area (Å²) in [4.78, 5) is 8.46. The predicted molar refractivity (Wildman–Crippen MR) is 84.5 cm³/mol. The number of rotatable bonds is 7. The fourth-order valence-corrected chi connectivity index (χ4v) is 2.39. The van der Waals surface area contributed by atoms with Crippen molar-refractivity contribution in [2.75, 3.05) is 13.7 Å². The van der Waals surface area contributed by atoms with Gasteiger partial charge in [-0.05, 0) is 24.1 Å². The number of hydrogen-bond acceptors (Lipinski definition) is 4. The van der Waals surface area contributed by atoms with E-state index in [-0.39, 0.29) is 6.04 Å². The zero-order chi connectivity index (χ0) is 15.1. The highest BCUT2D eigenvalue weighted by molar-refractivity contribution is 5.32. The maximum Gasteiger partial charge on any atom is 0.216 e. The highest BCUT2D eigenvalue weighted by Gasteiger charge is 2.15. The zero-order valence-electron chi connectivity index (χ0n) is 13.0. The highest BCUT2D eigenvalue weighted by Crippen LogP contribution is 2.22. The number of nitrogens with zero attached hydrogens (tertiary/aromatic N) is 2. The Bertz CT molecular complexity index is 554. The molecule has 1 aromatic heterocycles. The van der Waals surface area contributed by atoms with Crippen LogP contribution in [0.15, 0.2) is 36.7 Å². The molecule has 1 aromatic carbocycles. The van der Waals surface area contributed by atoms with E-state index < -0.39 is 0 Å². The monoisotopic (exact) mass is 285 g/mol. The minimum atomic E-state index is 0.0579. The number of aryl methyl sites for hydroxylation is 1. The Morgan fingerprint density at radius 1 is 1.14 bits per heavy atom. The van der Waals surface area contributed by atoms with Gasteiger partial charge in [0.05, 0.1) is 18.8 Å². The van der Waals surface area contributed by atoms with E-state index in [0.29, 0.717) is 5.88 Å². The number of hydrogen-bond donors (Lipinski definition) is 1. The normalized spacial score (nSPS) is 12.1. The summed E-state index contributed by atoms with van der Waals surface area (Å²) in [5.74, 6) is 0.588. The summed E-state index contributed by atoms with van der Waals surface area (Å²) in [6.45, 7) is 5.16. The molecule has 0 saturated carbocycles. The third kappa shape index (κ3) is 4.02. The third-order valence-corrected chi connectivity index (χ3v) is 3.43. The van der Waals surface area contributed by atoms with Gasteiger partial charge >= 0.3 is 0 Å². The molecule has 112 valence electrons. The summed E-state index contributed by atoms with van der Waals surface area (Å²) in [7, 11) is 1.62. The van der Waals surface area contributed by atoms with Gasteiger partial charge in [0.15, 0.2) is 0 Å². The summed E-state index contributed by atoms with van der Waals surface area (Å²) < 4.78 is 5.19. The van der Waals surface area contributed by atoms with Gasteiger partial charge < -0.3 is 10.1 Å². The number of aromatic nitrogens is 2. The maximum absolute atomic E-state index is 5.19. The molecule has 4 nitrogen and oxygen atoms in total. The maximum atomic E-state index is 5.19. The standard InChI is InChI=1S/C17H23N3O/c1-4-6-13-7-9-14(10-8-13)17(18-5-2)15-11-16(21-3)20-12-19-15/h7-12,17-18H,4-6H2,1-3H3. The first-order valence-corrected chi connectivity index (χ1v) is 7.46. The molecule has 1 atom stereocenters. The quantitative estimate of drug-likeness (QED) is 0.849. The first kappa shape index (κ1) is 15.4. The van der Waals surface area contributed by atoms with Crippen LogP contribution in [0.5, 0.6) is 5.88 Å². The van der Waals surface area contributed by atoms with Crippen LogP contribution in [-0.2, 0) is 6.42 Å². The van der Waals surface area contributed by atoms with Gasteiger partial charge in [0.2, 0.25) is 5.88 Å². The average Bonchev–Trinajstić information content (AvgIpc) is 2.54. The van der Waals surface area contributed by atoms with Crippen molar-refractivity contribution in [3.8, 4) is 5.88 Å². The van der Waals surface area contributed by atoms with Gasteiger partial charge in [-0.1, -0.05) is 44.5 Å². The Morgan fingerprint density at radius 2 is 1.90 bits per heavy atom. The fraction of sp³-hybridized carbons (Fsp3) is 0.412. The van der Waals surface area contributed by atoms with Crippen molar-refractivity contribution in [2.24, 2.45) is 0 Å². The molecule has 0 aliphatic rings. The SMILES string of the molecule is CCCc1ccc(C(NCC)c2cc(OC)ncn2)cc1. The lowest BCUT2D eigenvalue weighted by Gasteiger charge is -2.18. The van der Waals surface area contributed by atoms with Gasteiger partial charge in [-0.25, -0.2) is 9.97 Å². The molecule has 21 heavy (non-hydrogen) atoms. The van der Waals surface area contributed by atoms with E-state index >= 15 is 0 Å². The van der Waals surface area contributed by atoms with Crippen LogP contribution in [0.4, 0.5) is 0 Å². The molecule has 0 aliphatic heterocycles. The van der Waals surface area contributed by atoms with Crippen molar-refractivity contribution in [3.63, 3.8) is 0 Å². The Hall–Kier alpha value is -1.94. The van der Waals surface area contributed by atoms with E-state index in [0.717, 1.165) is 18.7 Å². The second-order valence-electron chi connectivity index (χ2n) is 4.97. The molecule has 0 fully saturated rings. The van der Waals surface area contributed by atoms with Crippen LogP contribution in [0, 0.1) is 0 Å². The Kier molecular flexibility index (Phi) is 5.69. The summed E-state index contributed by atoms with van der Waals surface area (Å²) in [6.07, 6.45) is 3.83. The van der Waals surface area contributed by atoms with E-state index in [4.69, 9.17) is 4.74 Å². The van der Waals surface area contributed by atoms with Crippen LogP contribution in [0.2, 0.25) is 0 Å². The van der Waals surface area contributed by atoms with Gasteiger partial charge in [-0.15, -0.1) is 0 Å². The van der Waals surface area contributed by atoms with Crippen molar-refractivity contribution >= 4 is 0 Å². The lowest BCUT2D eigenvalue weighted by atomic mass is 10.0. The number of nitrogens with one attached hydrogen (secondary N) is 1. The van der Waals surface area contributed by atoms with Crippen LogP contribution in [0.25, 0.3) is 0 Å². The van der Waals surface area contributed by atoms with E-state index in [1.807, 2.05) is 6.07 Å². The van der Waals surface area contributed by atoms with Gasteiger partial charge in [0.1, 0.15) is 6.33 Å². The molecule has 0 amide bonds. The predicted octanol–water partition coefficient (Wildman–Crippen LogP) is 3.14. The molecule has 2 aromatic rings. The largest absolute Gasteiger partial charge is 0.481 e. The lowest BCUT2D eigenvalue weighted by Crippen LogP contribution is -2.23. The van der Waals surface area contributed by atoms with Crippen molar-refractivity contribution < 1.29 is 4.74 Å². The third-order valence-electron chi connectivity index (χ3n) is 3.43. The van der Waals surface area contributed by atoms with Crippen molar-refractivity contribution in [2.45, 2.75) is 32.7 Å². The summed E-state index contributed by atoms with van der Waals surface area (Å²) in [5.41, 5.74) is 3.50. The average molecular weight is 285 g/mol. The number of methoxy groups -OCH3 is 1. The van der Waals surface area contributed by atoms with Crippen LogP contribution < -0.4 is 10.1 Å². The molecule has 4 heteroatoms. The van der Waals surface area contributed by atoms with Crippen LogP contribution in [-0.4, -0.2) is 23.6 Å². The van der Waals surface area contributed by atoms with Crippen LogP contribution >= 0.6 is 0 Å². The van der Waals surface area contributed by atoms with Crippen LogP contribution in [0.3, 0.4) is 0 Å². The molecular formula is C17H23N3O. The smallest absolute Gasteiger partial charge is 0.216 e. The summed E-state index contributed by atoms with van der Waals surface area (Å²) in [5, 5.41) is 3.47. The Labute approximate surface area is 126 Å². The molecule has 1 heterocycles. The van der Waals surface area contributed by atoms with Crippen molar-refractivity contribution in [3.05, 3.63) is 53.5 Å². The topological polar surface area (TPSA) is 47.0 Å². The van der Waals surface area contributed by atoms with E-state index in [1.165, 1.54) is 17.5 Å². The lowest BCUT2D eigenvalue weighted by molar-refractivity contribution is 0.395. The Morgan fingerprint density at radius 3 is 2.52 bits per heavy atom. The number of benzene rings is 1. The van der Waals surface area contributed by atoms with E-state index in [1.54, 1.807) is 13.4 Å². The molecule has 0 aliphatic carbocycles. The molecule has 0 bridgehead atoms. The van der Waals surface area contributed by atoms with Gasteiger partial charge in [-0.3, -0.25) is 0 Å². The molecule has 0 radical (unpaired) electrons.